The van der Waals surface area contributed by atoms with Gasteiger partial charge < -0.3 is 10.4 Å². The van der Waals surface area contributed by atoms with Gasteiger partial charge in [0.15, 0.2) is 5.82 Å². The van der Waals surface area contributed by atoms with Gasteiger partial charge in [0, 0.05) is 6.04 Å². The number of fused-ring (bicyclic) bond motifs is 1. The molecule has 1 aliphatic heterocycles. The Morgan fingerprint density at radius 2 is 2.27 bits per heavy atom. The maximum absolute atomic E-state index is 15.3. The van der Waals surface area contributed by atoms with E-state index >= 15 is 4.39 Å². The van der Waals surface area contributed by atoms with Gasteiger partial charge in [0.25, 0.3) is 5.91 Å². The third kappa shape index (κ3) is 3.64. The Hall–Kier alpha value is -1.87. The van der Waals surface area contributed by atoms with Gasteiger partial charge >= 0.3 is 10.2 Å². The number of halogens is 1. The molecule has 1 aromatic carbocycles. The van der Waals surface area contributed by atoms with E-state index in [0.717, 1.165) is 19.4 Å². The monoisotopic (exact) mass is 387 g/mol. The summed E-state index contributed by atoms with van der Waals surface area (Å²) >= 11 is 0. The quantitative estimate of drug-likeness (QED) is 0.705. The Labute approximate surface area is 155 Å². The van der Waals surface area contributed by atoms with Crippen molar-refractivity contribution in [2.45, 2.75) is 45.6 Å². The van der Waals surface area contributed by atoms with Crippen LogP contribution in [0, 0.1) is 11.7 Å². The Bertz CT molecular complexity index is 908. The smallest absolute Gasteiger partial charge is 0.326 e. The molecule has 3 N–H and O–H groups in total. The van der Waals surface area contributed by atoms with Crippen LogP contribution in [0.15, 0.2) is 6.07 Å². The first-order chi connectivity index (χ1) is 12.9. The maximum atomic E-state index is 15.3. The number of nitrogens with zero attached hydrogens (tertiary/aromatic N) is 1. The average Bonchev–Trinajstić information content (AvgIpc) is 2.73. The van der Waals surface area contributed by atoms with Crippen molar-refractivity contribution in [3.63, 3.8) is 0 Å². The highest BCUT2D eigenvalue weighted by atomic mass is 32.2. The van der Waals surface area contributed by atoms with Crippen molar-refractivity contribution in [2.75, 3.05) is 17.3 Å². The van der Waals surface area contributed by atoms with Crippen LogP contribution in [-0.2, 0) is 27.8 Å². The minimum atomic E-state index is -4.66. The van der Waals surface area contributed by atoms with Crippen molar-refractivity contribution < 1.29 is 25.5 Å². The fraction of sp³-hybridized carbons (Fsp3) is 0.588. The van der Waals surface area contributed by atoms with Crippen LogP contribution in [0.25, 0.3) is 0 Å². The lowest BCUT2D eigenvalue weighted by Crippen LogP contribution is -2.36. The number of phenols is 1. The number of carbonyl (C=O) groups is 1. The van der Waals surface area contributed by atoms with Crippen LogP contribution in [0.5, 0.6) is 5.75 Å². The number of hydrogen-bond acceptors (Lipinski definition) is 5. The second kappa shape index (κ2) is 7.03. The molecule has 3 rings (SSSR count). The van der Waals surface area contributed by atoms with E-state index in [9.17, 15) is 18.3 Å². The third-order valence-electron chi connectivity index (χ3n) is 4.65. The highest BCUT2D eigenvalue weighted by molar-refractivity contribution is 7.92. The summed E-state index contributed by atoms with van der Waals surface area (Å²) in [6.07, 6.45) is 2.49. The lowest BCUT2D eigenvalue weighted by Gasteiger charge is -2.28. The van der Waals surface area contributed by atoms with Crippen LogP contribution in [0.1, 0.15) is 40.6 Å². The molecule has 0 spiro atoms. The molecule has 144 valence electrons. The first kappa shape index (κ1) is 16.3. The molecule has 26 heavy (non-hydrogen) atoms. The van der Waals surface area contributed by atoms with Crippen LogP contribution in [0.3, 0.4) is 0 Å². The predicted octanol–water partition coefficient (Wildman–Crippen LogP) is 1.21. The van der Waals surface area contributed by atoms with Gasteiger partial charge in [-0.3, -0.25) is 4.79 Å². The largest absolute Gasteiger partial charge is 0.506 e. The van der Waals surface area contributed by atoms with E-state index in [-0.39, 0.29) is 22.3 Å². The predicted molar refractivity (Wildman–Crippen MR) is 95.7 cm³/mol. The second-order valence-corrected chi connectivity index (χ2v) is 8.60. The zero-order valence-corrected chi connectivity index (χ0v) is 15.5. The van der Waals surface area contributed by atoms with Crippen LogP contribution < -0.4 is 14.3 Å². The fourth-order valence-electron chi connectivity index (χ4n) is 3.30. The summed E-state index contributed by atoms with van der Waals surface area (Å²) in [7, 11) is -4.66. The summed E-state index contributed by atoms with van der Waals surface area (Å²) in [4.78, 5) is 11.7. The van der Waals surface area contributed by atoms with Crippen molar-refractivity contribution in [1.82, 2.24) is 10.0 Å². The lowest BCUT2D eigenvalue weighted by molar-refractivity contribution is -0.117. The third-order valence-corrected chi connectivity index (χ3v) is 5.85. The van der Waals surface area contributed by atoms with E-state index in [1.807, 2.05) is 0 Å². The molecular weight excluding hydrogens is 361 g/mol. The number of aromatic hydroxyl groups is 1. The maximum Gasteiger partial charge on any atom is 0.326 e. The molecule has 7 nitrogen and oxygen atoms in total. The zero-order valence-electron chi connectivity index (χ0n) is 16.7. The van der Waals surface area contributed by atoms with Crippen molar-refractivity contribution in [3.05, 3.63) is 23.0 Å². The van der Waals surface area contributed by atoms with Gasteiger partial charge in [0.05, 0.1) is 2.74 Å². The first-order valence-corrected chi connectivity index (χ1v) is 10.0. The highest BCUT2D eigenvalue weighted by Gasteiger charge is 2.39. The second-order valence-electron chi connectivity index (χ2n) is 7.08. The molecular formula is C17H24FN3O4S. The summed E-state index contributed by atoms with van der Waals surface area (Å²) in [5.74, 6) is -2.64. The molecule has 1 aliphatic carbocycles. The number of benzene rings is 1. The summed E-state index contributed by atoms with van der Waals surface area (Å²) in [6, 6.07) is 1.25. The van der Waals surface area contributed by atoms with Gasteiger partial charge in [-0.15, -0.1) is 0 Å². The first-order valence-electron chi connectivity index (χ1n) is 9.59. The molecule has 1 heterocycles. The Kier molecular flexibility index (Phi) is 4.41. The van der Waals surface area contributed by atoms with Crippen molar-refractivity contribution in [1.29, 1.82) is 0 Å². The lowest BCUT2D eigenvalue weighted by atomic mass is 9.87. The highest BCUT2D eigenvalue weighted by Crippen LogP contribution is 2.39. The van der Waals surface area contributed by atoms with E-state index in [1.54, 1.807) is 0 Å². The topological polar surface area (TPSA) is 98.7 Å². The van der Waals surface area contributed by atoms with Crippen LogP contribution in [-0.4, -0.2) is 38.5 Å². The van der Waals surface area contributed by atoms with E-state index in [1.165, 1.54) is 10.8 Å². The standard InChI is InChI=1S/C17H24FN3O4S/c1-10(2)5-6-19-12-4-3-11-7-14(22)17(16(18)13(11)8-12)21-9-15(23)20-26(21,24)25/h7,10,12,19,22H,3-6,8-9H2,1-2H3,(H,20,23)/t12-/m1/s1/i9D2. The molecule has 0 saturated carbocycles. The molecule has 0 aromatic heterocycles. The van der Waals surface area contributed by atoms with E-state index in [2.05, 4.69) is 19.2 Å². The number of amides is 1. The van der Waals surface area contributed by atoms with Gasteiger partial charge in [-0.2, -0.15) is 8.42 Å². The normalized spacial score (nSPS) is 24.8. The van der Waals surface area contributed by atoms with Crippen molar-refractivity contribution >= 4 is 21.8 Å². The van der Waals surface area contributed by atoms with Gasteiger partial charge in [-0.1, -0.05) is 13.8 Å². The van der Waals surface area contributed by atoms with Crippen LogP contribution in [0.2, 0.25) is 0 Å². The van der Waals surface area contributed by atoms with Gasteiger partial charge in [0.1, 0.15) is 17.9 Å². The number of hydrogen-bond donors (Lipinski definition) is 3. The molecule has 0 bridgehead atoms. The number of carbonyl (C=O) groups excluding carboxylic acids is 1. The molecule has 1 atom stereocenters. The molecule has 1 saturated heterocycles. The molecule has 1 amide bonds. The minimum absolute atomic E-state index is 0.00940. The SMILES string of the molecule is [2H]C1([2H])C(=O)NS(=O)(=O)N1c1c(O)cc2c(c1F)C[C@H](NCCC(C)C)CC2. The van der Waals surface area contributed by atoms with E-state index < -0.39 is 39.9 Å². The van der Waals surface area contributed by atoms with Crippen LogP contribution >= 0.6 is 0 Å². The number of aryl methyl sites for hydroxylation is 1. The van der Waals surface area contributed by atoms with Crippen LogP contribution in [0.4, 0.5) is 10.1 Å². The number of nitrogens with one attached hydrogen (secondary N) is 2. The Morgan fingerprint density at radius 1 is 1.54 bits per heavy atom. The van der Waals surface area contributed by atoms with E-state index in [0.29, 0.717) is 17.9 Å². The van der Waals surface area contributed by atoms with E-state index in [4.69, 9.17) is 2.74 Å². The summed E-state index contributed by atoms with van der Waals surface area (Å²) < 4.78 is 56.7. The zero-order chi connectivity index (χ0) is 20.9. The number of phenolic OH excluding ortho intramolecular Hbond substituents is 1. The molecule has 0 radical (unpaired) electrons. The molecule has 9 heteroatoms. The average molecular weight is 387 g/mol. The molecule has 1 fully saturated rings. The van der Waals surface area contributed by atoms with Crippen molar-refractivity contribution in [3.8, 4) is 5.75 Å². The molecule has 0 unspecified atom stereocenters. The van der Waals surface area contributed by atoms with Gasteiger partial charge in [0.2, 0.25) is 0 Å². The summed E-state index contributed by atoms with van der Waals surface area (Å²) in [5, 5.41) is 13.6. The molecule has 2 aliphatic rings. The molecule has 1 aromatic rings. The minimum Gasteiger partial charge on any atom is -0.506 e. The van der Waals surface area contributed by atoms with Gasteiger partial charge in [-0.05, 0) is 55.3 Å². The Balaban J connectivity index is 1.97. The van der Waals surface area contributed by atoms with Crippen molar-refractivity contribution in [2.24, 2.45) is 5.92 Å². The number of anilines is 1. The van der Waals surface area contributed by atoms with Gasteiger partial charge in [-0.25, -0.2) is 13.4 Å². The summed E-state index contributed by atoms with van der Waals surface area (Å²) in [6.45, 7) is 1.93. The summed E-state index contributed by atoms with van der Waals surface area (Å²) in [5.41, 5.74) is -0.0616. The Morgan fingerprint density at radius 3 is 2.88 bits per heavy atom. The number of rotatable bonds is 5. The fourth-order valence-corrected chi connectivity index (χ4v) is 4.28.